The molecule has 1 fully saturated rings. The van der Waals surface area contributed by atoms with Gasteiger partial charge in [0, 0.05) is 12.5 Å². The molecule has 0 bridgehead atoms. The highest BCUT2D eigenvalue weighted by atomic mass is 32.2. The maximum Gasteiger partial charge on any atom is 0.353 e. The Kier molecular flexibility index (Phi) is 4.24. The molecule has 0 aliphatic carbocycles. The van der Waals surface area contributed by atoms with E-state index in [1.807, 2.05) is 11.8 Å². The Hall–Kier alpha value is -1.50. The van der Waals surface area contributed by atoms with Crippen molar-refractivity contribution in [2.75, 3.05) is 16.8 Å². The molecule has 1 aromatic heterocycles. The Morgan fingerprint density at radius 2 is 2.22 bits per heavy atom. The summed E-state index contributed by atoms with van der Waals surface area (Å²) in [6, 6.07) is 1.32. The van der Waals surface area contributed by atoms with Crippen LogP contribution in [0.4, 0.5) is 5.82 Å². The highest BCUT2D eigenvalue weighted by Gasteiger charge is 2.18. The molecule has 1 saturated heterocycles. The number of aromatic nitrogens is 2. The molecule has 0 saturated carbocycles. The third-order valence-electron chi connectivity index (χ3n) is 2.89. The number of carboxylic acids is 1. The number of carbonyl (C=O) groups excluding carboxylic acids is 1. The van der Waals surface area contributed by atoms with Crippen LogP contribution in [0.2, 0.25) is 0 Å². The minimum absolute atomic E-state index is 0.0284. The Balaban J connectivity index is 1.84. The lowest BCUT2D eigenvalue weighted by atomic mass is 9.98. The van der Waals surface area contributed by atoms with Gasteiger partial charge in [0.1, 0.15) is 5.69 Å². The van der Waals surface area contributed by atoms with Crippen LogP contribution in [0.5, 0.6) is 0 Å². The summed E-state index contributed by atoms with van der Waals surface area (Å²) in [7, 11) is 0. The number of carbonyl (C=O) groups is 2. The fourth-order valence-corrected chi connectivity index (χ4v) is 3.11. The van der Waals surface area contributed by atoms with Crippen LogP contribution < -0.4 is 5.32 Å². The van der Waals surface area contributed by atoms with E-state index in [4.69, 9.17) is 5.11 Å². The standard InChI is InChI=1S/C11H15N3O3S/c15-10(5-7-1-3-18-4-2-7)12-9-6-8(11(16)17)13-14-9/h6-7H,1-5H2,(H,16,17)(H2,12,13,14,15). The molecule has 1 aromatic rings. The Morgan fingerprint density at radius 3 is 2.83 bits per heavy atom. The van der Waals surface area contributed by atoms with Crippen molar-refractivity contribution in [3.05, 3.63) is 11.8 Å². The Morgan fingerprint density at radius 1 is 1.50 bits per heavy atom. The van der Waals surface area contributed by atoms with E-state index in [9.17, 15) is 9.59 Å². The molecule has 98 valence electrons. The smallest absolute Gasteiger partial charge is 0.353 e. The summed E-state index contributed by atoms with van der Waals surface area (Å²) in [5, 5.41) is 17.4. The first kappa shape index (κ1) is 12.9. The maximum absolute atomic E-state index is 11.7. The number of anilines is 1. The second-order valence-corrected chi connectivity index (χ2v) is 5.50. The zero-order chi connectivity index (χ0) is 13.0. The first-order chi connectivity index (χ1) is 8.65. The Bertz CT molecular complexity index is 440. The maximum atomic E-state index is 11.7. The molecular formula is C11H15N3O3S. The number of hydrogen-bond donors (Lipinski definition) is 3. The van der Waals surface area contributed by atoms with Gasteiger partial charge in [-0.25, -0.2) is 4.79 Å². The van der Waals surface area contributed by atoms with Crippen LogP contribution in [-0.4, -0.2) is 38.7 Å². The zero-order valence-corrected chi connectivity index (χ0v) is 10.6. The summed E-state index contributed by atoms with van der Waals surface area (Å²) < 4.78 is 0. The molecule has 2 rings (SSSR count). The quantitative estimate of drug-likeness (QED) is 0.771. The van der Waals surface area contributed by atoms with Crippen LogP contribution in [-0.2, 0) is 4.79 Å². The van der Waals surface area contributed by atoms with Gasteiger partial charge in [-0.05, 0) is 30.3 Å². The molecule has 7 heteroatoms. The van der Waals surface area contributed by atoms with Crippen LogP contribution in [0.3, 0.4) is 0 Å². The summed E-state index contributed by atoms with van der Waals surface area (Å²) >= 11 is 1.92. The van der Waals surface area contributed by atoms with Gasteiger partial charge in [-0.2, -0.15) is 16.9 Å². The molecule has 0 spiro atoms. The topological polar surface area (TPSA) is 95.1 Å². The highest BCUT2D eigenvalue weighted by molar-refractivity contribution is 7.99. The minimum Gasteiger partial charge on any atom is -0.477 e. The van der Waals surface area contributed by atoms with Gasteiger partial charge in [0.15, 0.2) is 5.82 Å². The Labute approximate surface area is 109 Å². The van der Waals surface area contributed by atoms with Gasteiger partial charge < -0.3 is 10.4 Å². The number of H-pyrrole nitrogens is 1. The lowest BCUT2D eigenvalue weighted by Gasteiger charge is -2.20. The van der Waals surface area contributed by atoms with E-state index >= 15 is 0 Å². The van der Waals surface area contributed by atoms with E-state index in [1.165, 1.54) is 6.07 Å². The fourth-order valence-electron chi connectivity index (χ4n) is 1.90. The summed E-state index contributed by atoms with van der Waals surface area (Å²) in [5.41, 5.74) is -0.0284. The number of nitrogens with zero attached hydrogens (tertiary/aromatic N) is 1. The van der Waals surface area contributed by atoms with Crippen molar-refractivity contribution in [1.29, 1.82) is 0 Å². The molecule has 1 aliphatic rings. The second-order valence-electron chi connectivity index (χ2n) is 4.28. The van der Waals surface area contributed by atoms with Gasteiger partial charge in [0.25, 0.3) is 0 Å². The first-order valence-corrected chi connectivity index (χ1v) is 6.97. The number of hydrogen-bond acceptors (Lipinski definition) is 4. The molecule has 6 nitrogen and oxygen atoms in total. The van der Waals surface area contributed by atoms with Gasteiger partial charge in [0.2, 0.25) is 5.91 Å². The number of aromatic amines is 1. The van der Waals surface area contributed by atoms with E-state index in [2.05, 4.69) is 15.5 Å². The molecule has 2 heterocycles. The van der Waals surface area contributed by atoms with E-state index in [-0.39, 0.29) is 17.4 Å². The molecule has 0 radical (unpaired) electrons. The monoisotopic (exact) mass is 269 g/mol. The van der Waals surface area contributed by atoms with Crippen molar-refractivity contribution in [3.63, 3.8) is 0 Å². The second kappa shape index (κ2) is 5.90. The van der Waals surface area contributed by atoms with E-state index in [0.29, 0.717) is 12.3 Å². The summed E-state index contributed by atoms with van der Waals surface area (Å²) in [5.74, 6) is 1.74. The lowest BCUT2D eigenvalue weighted by molar-refractivity contribution is -0.117. The predicted octanol–water partition coefficient (Wildman–Crippen LogP) is 1.58. The van der Waals surface area contributed by atoms with Crippen LogP contribution in [0.25, 0.3) is 0 Å². The SMILES string of the molecule is O=C(CC1CCSCC1)Nc1cc(C(=O)O)[nH]n1. The van der Waals surface area contributed by atoms with Crippen LogP contribution in [0.1, 0.15) is 29.8 Å². The molecule has 0 atom stereocenters. The van der Waals surface area contributed by atoms with Crippen LogP contribution in [0.15, 0.2) is 6.07 Å². The average Bonchev–Trinajstić information content (AvgIpc) is 2.78. The third kappa shape index (κ3) is 3.49. The molecule has 0 aromatic carbocycles. The van der Waals surface area contributed by atoms with Crippen LogP contribution in [0, 0.1) is 5.92 Å². The van der Waals surface area contributed by atoms with Gasteiger partial charge in [-0.1, -0.05) is 0 Å². The van der Waals surface area contributed by atoms with Gasteiger partial charge in [-0.15, -0.1) is 0 Å². The number of rotatable bonds is 4. The molecule has 1 aliphatic heterocycles. The molecule has 0 unspecified atom stereocenters. The number of amides is 1. The average molecular weight is 269 g/mol. The zero-order valence-electron chi connectivity index (χ0n) is 9.81. The molecule has 18 heavy (non-hydrogen) atoms. The lowest BCUT2D eigenvalue weighted by Crippen LogP contribution is -2.19. The molecular weight excluding hydrogens is 254 g/mol. The minimum atomic E-state index is -1.09. The number of nitrogens with one attached hydrogen (secondary N) is 2. The predicted molar refractivity (Wildman–Crippen MR) is 68.8 cm³/mol. The number of thioether (sulfide) groups is 1. The summed E-state index contributed by atoms with van der Waals surface area (Å²) in [6.45, 7) is 0. The third-order valence-corrected chi connectivity index (χ3v) is 3.94. The molecule has 1 amide bonds. The van der Waals surface area contributed by atoms with Gasteiger partial charge >= 0.3 is 5.97 Å². The van der Waals surface area contributed by atoms with E-state index in [1.54, 1.807) is 0 Å². The summed E-state index contributed by atoms with van der Waals surface area (Å²) in [4.78, 5) is 22.4. The largest absolute Gasteiger partial charge is 0.477 e. The number of aromatic carboxylic acids is 1. The van der Waals surface area contributed by atoms with Crippen molar-refractivity contribution < 1.29 is 14.7 Å². The first-order valence-electron chi connectivity index (χ1n) is 5.81. The van der Waals surface area contributed by atoms with E-state index < -0.39 is 5.97 Å². The van der Waals surface area contributed by atoms with Crippen LogP contribution >= 0.6 is 11.8 Å². The van der Waals surface area contributed by atoms with Crippen molar-refractivity contribution in [3.8, 4) is 0 Å². The van der Waals surface area contributed by atoms with Gasteiger partial charge in [-0.3, -0.25) is 9.89 Å². The van der Waals surface area contributed by atoms with Gasteiger partial charge in [0.05, 0.1) is 0 Å². The van der Waals surface area contributed by atoms with Crippen molar-refractivity contribution in [1.82, 2.24) is 10.2 Å². The van der Waals surface area contributed by atoms with Crippen molar-refractivity contribution >= 4 is 29.5 Å². The van der Waals surface area contributed by atoms with E-state index in [0.717, 1.165) is 24.3 Å². The number of carboxylic acid groups (broad SMARTS) is 1. The highest BCUT2D eigenvalue weighted by Crippen LogP contribution is 2.25. The summed E-state index contributed by atoms with van der Waals surface area (Å²) in [6.07, 6.45) is 2.62. The van der Waals surface area contributed by atoms with Crippen molar-refractivity contribution in [2.24, 2.45) is 5.92 Å². The normalized spacial score (nSPS) is 16.4. The molecule has 3 N–H and O–H groups in total. The fraction of sp³-hybridized carbons (Fsp3) is 0.545. The van der Waals surface area contributed by atoms with Crippen molar-refractivity contribution in [2.45, 2.75) is 19.3 Å².